The second-order valence-electron chi connectivity index (χ2n) is 7.12. The Balaban J connectivity index is 1.58. The van der Waals surface area contributed by atoms with E-state index < -0.39 is 0 Å². The summed E-state index contributed by atoms with van der Waals surface area (Å²) in [4.78, 5) is 16.8. The lowest BCUT2D eigenvalue weighted by Gasteiger charge is -2.31. The molecule has 2 aliphatic heterocycles. The fourth-order valence-corrected chi connectivity index (χ4v) is 4.14. The predicted molar refractivity (Wildman–Crippen MR) is 99.7 cm³/mol. The van der Waals surface area contributed by atoms with Crippen LogP contribution in [0.25, 0.3) is 0 Å². The average molecular weight is 366 g/mol. The maximum absolute atomic E-state index is 12.4. The van der Waals surface area contributed by atoms with E-state index in [1.807, 2.05) is 23.1 Å². The van der Waals surface area contributed by atoms with E-state index in [2.05, 4.69) is 16.3 Å². The number of halogens is 1. The maximum atomic E-state index is 12.4. The monoisotopic (exact) mass is 365 g/mol. The van der Waals surface area contributed by atoms with Gasteiger partial charge in [0.05, 0.1) is 18.7 Å². The maximum Gasteiger partial charge on any atom is 0.234 e. The van der Waals surface area contributed by atoms with Crippen molar-refractivity contribution in [1.29, 1.82) is 0 Å². The van der Waals surface area contributed by atoms with Crippen LogP contribution in [0.3, 0.4) is 0 Å². The molecule has 2 aliphatic rings. The topological polar surface area (TPSA) is 55.8 Å². The van der Waals surface area contributed by atoms with E-state index in [1.54, 1.807) is 0 Å². The number of piperidine rings is 1. The molecule has 1 amide bonds. The number of β-amino-alcohol motifs (C(OH)–C–C–N with tert-alkyl or cyclic N) is 1. The number of amides is 1. The number of hydrogen-bond donors (Lipinski definition) is 2. The van der Waals surface area contributed by atoms with E-state index in [4.69, 9.17) is 11.6 Å². The van der Waals surface area contributed by atoms with Crippen molar-refractivity contribution in [1.82, 2.24) is 15.1 Å². The Hall–Kier alpha value is -1.14. The van der Waals surface area contributed by atoms with Gasteiger partial charge in [0.2, 0.25) is 5.91 Å². The van der Waals surface area contributed by atoms with Crippen molar-refractivity contribution in [2.24, 2.45) is 0 Å². The molecular weight excluding hydrogens is 338 g/mol. The molecule has 0 bridgehead atoms. The Morgan fingerprint density at radius 1 is 1.24 bits per heavy atom. The number of likely N-dealkylation sites (tertiary alicyclic amines) is 2. The molecule has 6 heteroatoms. The van der Waals surface area contributed by atoms with Crippen molar-refractivity contribution in [3.8, 4) is 0 Å². The zero-order valence-electron chi connectivity index (χ0n) is 14.7. The van der Waals surface area contributed by atoms with Crippen LogP contribution in [-0.4, -0.2) is 66.2 Å². The summed E-state index contributed by atoms with van der Waals surface area (Å²) in [7, 11) is 0. The Bertz CT molecular complexity index is 578. The molecule has 25 heavy (non-hydrogen) atoms. The van der Waals surface area contributed by atoms with Gasteiger partial charge in [-0.25, -0.2) is 0 Å². The minimum absolute atomic E-state index is 0.0188. The van der Waals surface area contributed by atoms with Crippen LogP contribution in [-0.2, 0) is 4.79 Å². The molecule has 2 heterocycles. The third kappa shape index (κ3) is 5.17. The molecule has 138 valence electrons. The number of aliphatic hydroxyl groups excluding tert-OH is 1. The largest absolute Gasteiger partial charge is 0.392 e. The van der Waals surface area contributed by atoms with Gasteiger partial charge in [0, 0.05) is 18.1 Å². The van der Waals surface area contributed by atoms with Crippen molar-refractivity contribution in [2.75, 3.05) is 39.3 Å². The van der Waals surface area contributed by atoms with Gasteiger partial charge in [-0.15, -0.1) is 0 Å². The Labute approximate surface area is 154 Å². The molecule has 0 saturated carbocycles. The zero-order valence-corrected chi connectivity index (χ0v) is 15.4. The minimum Gasteiger partial charge on any atom is -0.392 e. The Morgan fingerprint density at radius 3 is 2.72 bits per heavy atom. The smallest absolute Gasteiger partial charge is 0.234 e. The van der Waals surface area contributed by atoms with Crippen LogP contribution < -0.4 is 5.32 Å². The highest BCUT2D eigenvalue weighted by Crippen LogP contribution is 2.29. The van der Waals surface area contributed by atoms with E-state index >= 15 is 0 Å². The van der Waals surface area contributed by atoms with Crippen molar-refractivity contribution in [3.05, 3.63) is 34.9 Å². The quantitative estimate of drug-likeness (QED) is 0.810. The highest BCUT2D eigenvalue weighted by atomic mass is 35.5. The van der Waals surface area contributed by atoms with Gasteiger partial charge >= 0.3 is 0 Å². The van der Waals surface area contributed by atoms with Gasteiger partial charge in [0.1, 0.15) is 0 Å². The molecule has 2 saturated heterocycles. The van der Waals surface area contributed by atoms with Gasteiger partial charge in [0.25, 0.3) is 0 Å². The lowest BCUT2D eigenvalue weighted by atomic mass is 10.1. The summed E-state index contributed by atoms with van der Waals surface area (Å²) >= 11 is 6.41. The van der Waals surface area contributed by atoms with E-state index in [0.717, 1.165) is 43.1 Å². The van der Waals surface area contributed by atoms with Crippen molar-refractivity contribution in [3.63, 3.8) is 0 Å². The van der Waals surface area contributed by atoms with Crippen LogP contribution in [0.1, 0.15) is 37.3 Å². The van der Waals surface area contributed by atoms with Crippen molar-refractivity contribution >= 4 is 17.5 Å². The molecular formula is C19H28ClN3O2. The Kier molecular flexibility index (Phi) is 6.70. The van der Waals surface area contributed by atoms with Crippen molar-refractivity contribution in [2.45, 2.75) is 37.8 Å². The van der Waals surface area contributed by atoms with Gasteiger partial charge in [-0.3, -0.25) is 14.6 Å². The summed E-state index contributed by atoms with van der Waals surface area (Å²) in [6, 6.07) is 8.02. The van der Waals surface area contributed by atoms with Crippen molar-refractivity contribution < 1.29 is 9.90 Å². The normalized spacial score (nSPS) is 23.5. The molecule has 0 radical (unpaired) electrons. The predicted octanol–water partition coefficient (Wildman–Crippen LogP) is 2.05. The van der Waals surface area contributed by atoms with Gasteiger partial charge in [-0.2, -0.15) is 0 Å². The van der Waals surface area contributed by atoms with E-state index in [9.17, 15) is 9.90 Å². The summed E-state index contributed by atoms with van der Waals surface area (Å²) < 4.78 is 0. The summed E-state index contributed by atoms with van der Waals surface area (Å²) in [6.45, 7) is 4.48. The molecule has 5 nitrogen and oxygen atoms in total. The molecule has 2 N–H and O–H groups in total. The fraction of sp³-hybridized carbons (Fsp3) is 0.632. The minimum atomic E-state index is -0.304. The number of nitrogens with zero attached hydrogens (tertiary/aromatic N) is 2. The number of carbonyl (C=O) groups excluding carboxylic acids is 1. The number of hydrogen-bond acceptors (Lipinski definition) is 4. The Morgan fingerprint density at radius 2 is 2.00 bits per heavy atom. The van der Waals surface area contributed by atoms with Crippen LogP contribution in [0, 0.1) is 0 Å². The number of rotatable bonds is 6. The first-order valence-electron chi connectivity index (χ1n) is 9.29. The highest BCUT2D eigenvalue weighted by Gasteiger charge is 2.26. The third-order valence-electron chi connectivity index (χ3n) is 5.19. The molecule has 1 aromatic carbocycles. The van der Waals surface area contributed by atoms with Crippen LogP contribution in [0.15, 0.2) is 24.3 Å². The number of aliphatic hydroxyl groups is 1. The number of nitrogens with one attached hydrogen (secondary N) is 1. The average Bonchev–Trinajstić information content (AvgIpc) is 3.11. The molecule has 2 atom stereocenters. The first-order valence-corrected chi connectivity index (χ1v) is 9.67. The highest BCUT2D eigenvalue weighted by molar-refractivity contribution is 6.31. The van der Waals surface area contributed by atoms with Crippen LogP contribution in [0.2, 0.25) is 5.02 Å². The van der Waals surface area contributed by atoms with Gasteiger partial charge in [-0.1, -0.05) is 29.8 Å². The number of benzene rings is 1. The second-order valence-corrected chi connectivity index (χ2v) is 7.52. The molecule has 2 unspecified atom stereocenters. The standard InChI is InChI=1S/C19H28ClN3O2/c20-17-8-2-1-7-16(17)18(23-10-3-4-11-23)12-21-19(25)14-22-9-5-6-15(24)13-22/h1-2,7-8,15,18,24H,3-6,9-14H2,(H,21,25). The lowest BCUT2D eigenvalue weighted by molar-refractivity contribution is -0.123. The number of carbonyl (C=O) groups is 1. The van der Waals surface area contributed by atoms with Crippen LogP contribution >= 0.6 is 11.6 Å². The van der Waals surface area contributed by atoms with E-state index in [1.165, 1.54) is 12.8 Å². The molecule has 3 rings (SSSR count). The first kappa shape index (κ1) is 18.6. The van der Waals surface area contributed by atoms with Gasteiger partial charge in [0.15, 0.2) is 0 Å². The van der Waals surface area contributed by atoms with Gasteiger partial charge in [-0.05, 0) is 56.9 Å². The molecule has 2 fully saturated rings. The molecule has 0 spiro atoms. The zero-order chi connectivity index (χ0) is 17.6. The molecule has 0 aliphatic carbocycles. The molecule has 0 aromatic heterocycles. The SMILES string of the molecule is O=C(CN1CCCC(O)C1)NCC(c1ccccc1Cl)N1CCCC1. The summed E-state index contributed by atoms with van der Waals surface area (Å²) in [5, 5.41) is 13.6. The summed E-state index contributed by atoms with van der Waals surface area (Å²) in [5.74, 6) is 0.0188. The summed E-state index contributed by atoms with van der Waals surface area (Å²) in [6.07, 6.45) is 3.87. The lowest BCUT2D eigenvalue weighted by Crippen LogP contribution is -2.45. The second kappa shape index (κ2) is 8.99. The van der Waals surface area contributed by atoms with Crippen LogP contribution in [0.5, 0.6) is 0 Å². The van der Waals surface area contributed by atoms with E-state index in [-0.39, 0.29) is 18.1 Å². The van der Waals surface area contributed by atoms with Gasteiger partial charge < -0.3 is 10.4 Å². The summed E-state index contributed by atoms with van der Waals surface area (Å²) in [5.41, 5.74) is 1.08. The molecule has 1 aromatic rings. The van der Waals surface area contributed by atoms with Crippen LogP contribution in [0.4, 0.5) is 0 Å². The first-order chi connectivity index (χ1) is 12.1. The van der Waals surface area contributed by atoms with E-state index in [0.29, 0.717) is 19.6 Å². The fourth-order valence-electron chi connectivity index (χ4n) is 3.88. The third-order valence-corrected chi connectivity index (χ3v) is 5.53.